The number of anilines is 1. The molecule has 2 aromatic rings. The fourth-order valence-corrected chi connectivity index (χ4v) is 3.43. The van der Waals surface area contributed by atoms with Gasteiger partial charge in [-0.3, -0.25) is 4.90 Å². The van der Waals surface area contributed by atoms with Gasteiger partial charge in [0.15, 0.2) is 0 Å². The summed E-state index contributed by atoms with van der Waals surface area (Å²) in [6.07, 6.45) is 2.08. The SMILES string of the molecule is CSc1ccc(CN2CCN(c3cccc(F)c3C#N)CC2)cc1. The van der Waals surface area contributed by atoms with Crippen molar-refractivity contribution in [1.29, 1.82) is 5.26 Å². The highest BCUT2D eigenvalue weighted by Crippen LogP contribution is 2.24. The quantitative estimate of drug-likeness (QED) is 0.793. The first-order valence-corrected chi connectivity index (χ1v) is 9.22. The molecule has 0 spiro atoms. The molecule has 0 unspecified atom stereocenters. The van der Waals surface area contributed by atoms with E-state index < -0.39 is 5.82 Å². The van der Waals surface area contributed by atoms with Crippen LogP contribution in [0.3, 0.4) is 0 Å². The zero-order valence-corrected chi connectivity index (χ0v) is 14.5. The van der Waals surface area contributed by atoms with E-state index in [1.165, 1.54) is 16.5 Å². The number of benzene rings is 2. The third-order valence-corrected chi connectivity index (χ3v) is 5.13. The van der Waals surface area contributed by atoms with Crippen LogP contribution in [0.4, 0.5) is 10.1 Å². The summed E-state index contributed by atoms with van der Waals surface area (Å²) in [4.78, 5) is 5.78. The molecule has 0 amide bonds. The van der Waals surface area contributed by atoms with Crippen molar-refractivity contribution in [3.05, 3.63) is 59.4 Å². The van der Waals surface area contributed by atoms with Crippen LogP contribution in [-0.2, 0) is 6.54 Å². The molecule has 0 radical (unpaired) electrons. The summed E-state index contributed by atoms with van der Waals surface area (Å²) in [6, 6.07) is 15.5. The molecule has 0 bridgehead atoms. The van der Waals surface area contributed by atoms with E-state index in [0.717, 1.165) is 32.7 Å². The number of nitrogens with zero attached hydrogens (tertiary/aromatic N) is 3. The molecule has 24 heavy (non-hydrogen) atoms. The number of hydrogen-bond donors (Lipinski definition) is 0. The highest BCUT2D eigenvalue weighted by molar-refractivity contribution is 7.98. The molecule has 5 heteroatoms. The van der Waals surface area contributed by atoms with Gasteiger partial charge in [0.2, 0.25) is 0 Å². The number of halogens is 1. The molecule has 1 aliphatic rings. The summed E-state index contributed by atoms with van der Waals surface area (Å²) in [5.41, 5.74) is 2.17. The Morgan fingerprint density at radius 2 is 1.79 bits per heavy atom. The number of rotatable bonds is 4. The number of thioether (sulfide) groups is 1. The second-order valence-corrected chi connectivity index (χ2v) is 6.74. The first-order valence-electron chi connectivity index (χ1n) is 8.00. The number of hydrogen-bond acceptors (Lipinski definition) is 4. The van der Waals surface area contributed by atoms with Crippen molar-refractivity contribution in [3.63, 3.8) is 0 Å². The number of nitriles is 1. The van der Waals surface area contributed by atoms with E-state index in [4.69, 9.17) is 0 Å². The van der Waals surface area contributed by atoms with E-state index in [1.54, 1.807) is 17.8 Å². The van der Waals surface area contributed by atoms with Crippen LogP contribution in [0.25, 0.3) is 0 Å². The van der Waals surface area contributed by atoms with E-state index in [1.807, 2.05) is 12.1 Å². The van der Waals surface area contributed by atoms with Gasteiger partial charge >= 0.3 is 0 Å². The van der Waals surface area contributed by atoms with Crippen LogP contribution in [0.5, 0.6) is 0 Å². The Morgan fingerprint density at radius 1 is 1.08 bits per heavy atom. The van der Waals surface area contributed by atoms with Crippen LogP contribution in [0.2, 0.25) is 0 Å². The average molecular weight is 341 g/mol. The first kappa shape index (κ1) is 16.8. The monoisotopic (exact) mass is 341 g/mol. The third kappa shape index (κ3) is 3.72. The lowest BCUT2D eigenvalue weighted by atomic mass is 10.1. The second-order valence-electron chi connectivity index (χ2n) is 5.86. The van der Waals surface area contributed by atoms with Crippen LogP contribution in [0, 0.1) is 17.1 Å². The fraction of sp³-hybridized carbons (Fsp3) is 0.316. The summed E-state index contributed by atoms with van der Waals surface area (Å²) >= 11 is 1.75. The third-order valence-electron chi connectivity index (χ3n) is 4.38. The van der Waals surface area contributed by atoms with Crippen molar-refractivity contribution in [2.24, 2.45) is 0 Å². The van der Waals surface area contributed by atoms with Gasteiger partial charge in [-0.2, -0.15) is 5.26 Å². The topological polar surface area (TPSA) is 30.3 Å². The van der Waals surface area contributed by atoms with Gasteiger partial charge in [-0.05, 0) is 36.1 Å². The standard InChI is InChI=1S/C19H20FN3S/c1-24-16-7-5-15(6-8-16)14-22-9-11-23(12-10-22)19-4-2-3-18(20)17(19)13-21/h2-8H,9-12,14H2,1H3. The average Bonchev–Trinajstić information content (AvgIpc) is 2.63. The lowest BCUT2D eigenvalue weighted by Gasteiger charge is -2.36. The Hall–Kier alpha value is -2.03. The Kier molecular flexibility index (Phi) is 5.39. The largest absolute Gasteiger partial charge is 0.368 e. The molecular weight excluding hydrogens is 321 g/mol. The summed E-state index contributed by atoms with van der Waals surface area (Å²) < 4.78 is 13.8. The molecule has 1 saturated heterocycles. The zero-order valence-electron chi connectivity index (χ0n) is 13.7. The molecule has 0 N–H and O–H groups in total. The molecular formula is C19H20FN3S. The highest BCUT2D eigenvalue weighted by Gasteiger charge is 2.20. The minimum Gasteiger partial charge on any atom is -0.368 e. The molecule has 0 saturated carbocycles. The summed E-state index contributed by atoms with van der Waals surface area (Å²) in [6.45, 7) is 4.36. The predicted octanol–water partition coefficient (Wildman–Crippen LogP) is 3.74. The van der Waals surface area contributed by atoms with E-state index in [2.05, 4.69) is 40.3 Å². The molecule has 0 aliphatic carbocycles. The van der Waals surface area contributed by atoms with E-state index >= 15 is 0 Å². The Morgan fingerprint density at radius 3 is 2.42 bits per heavy atom. The minimum atomic E-state index is -0.439. The maximum Gasteiger partial charge on any atom is 0.143 e. The predicted molar refractivity (Wildman–Crippen MR) is 96.8 cm³/mol. The van der Waals surface area contributed by atoms with Crippen LogP contribution < -0.4 is 4.90 Å². The van der Waals surface area contributed by atoms with Gasteiger partial charge in [0.25, 0.3) is 0 Å². The highest BCUT2D eigenvalue weighted by atomic mass is 32.2. The van der Waals surface area contributed by atoms with Gasteiger partial charge in [-0.25, -0.2) is 4.39 Å². The first-order chi connectivity index (χ1) is 11.7. The second kappa shape index (κ2) is 7.69. The summed E-state index contributed by atoms with van der Waals surface area (Å²) in [5.74, 6) is -0.439. The minimum absolute atomic E-state index is 0.151. The molecule has 0 atom stereocenters. The van der Waals surface area contributed by atoms with Crippen molar-refractivity contribution in [2.45, 2.75) is 11.4 Å². The van der Waals surface area contributed by atoms with Crippen molar-refractivity contribution in [2.75, 3.05) is 37.3 Å². The molecule has 0 aromatic heterocycles. The van der Waals surface area contributed by atoms with Gasteiger partial charge in [-0.1, -0.05) is 18.2 Å². The van der Waals surface area contributed by atoms with Gasteiger partial charge in [0.05, 0.1) is 5.69 Å². The smallest absolute Gasteiger partial charge is 0.143 e. The number of piperazine rings is 1. The van der Waals surface area contributed by atoms with Crippen LogP contribution >= 0.6 is 11.8 Å². The molecule has 2 aromatic carbocycles. The molecule has 3 rings (SSSR count). The molecule has 1 aliphatic heterocycles. The van der Waals surface area contributed by atoms with E-state index in [0.29, 0.717) is 5.69 Å². The maximum atomic E-state index is 13.8. The Balaban J connectivity index is 1.62. The normalized spacial score (nSPS) is 15.3. The van der Waals surface area contributed by atoms with Crippen LogP contribution in [0.1, 0.15) is 11.1 Å². The van der Waals surface area contributed by atoms with Gasteiger partial charge in [0.1, 0.15) is 17.4 Å². The lowest BCUT2D eigenvalue weighted by molar-refractivity contribution is 0.249. The van der Waals surface area contributed by atoms with Crippen LogP contribution in [-0.4, -0.2) is 37.3 Å². The van der Waals surface area contributed by atoms with Gasteiger partial charge in [0, 0.05) is 37.6 Å². The molecule has 1 fully saturated rings. The van der Waals surface area contributed by atoms with Crippen molar-refractivity contribution < 1.29 is 4.39 Å². The van der Waals surface area contributed by atoms with Crippen molar-refractivity contribution >= 4 is 17.4 Å². The summed E-state index contributed by atoms with van der Waals surface area (Å²) in [7, 11) is 0. The zero-order chi connectivity index (χ0) is 16.9. The maximum absolute atomic E-state index is 13.8. The van der Waals surface area contributed by atoms with Crippen molar-refractivity contribution in [1.82, 2.24) is 4.90 Å². The molecule has 124 valence electrons. The molecule has 3 nitrogen and oxygen atoms in total. The molecule has 1 heterocycles. The Bertz CT molecular complexity index is 731. The fourth-order valence-electron chi connectivity index (χ4n) is 3.02. The van der Waals surface area contributed by atoms with Crippen molar-refractivity contribution in [3.8, 4) is 6.07 Å². The van der Waals surface area contributed by atoms with Gasteiger partial charge in [-0.15, -0.1) is 11.8 Å². The van der Waals surface area contributed by atoms with Crippen LogP contribution in [0.15, 0.2) is 47.4 Å². The van der Waals surface area contributed by atoms with Gasteiger partial charge < -0.3 is 4.90 Å². The van der Waals surface area contributed by atoms with E-state index in [-0.39, 0.29) is 5.56 Å². The Labute approximate surface area is 146 Å². The lowest BCUT2D eigenvalue weighted by Crippen LogP contribution is -2.46. The van der Waals surface area contributed by atoms with E-state index in [9.17, 15) is 9.65 Å². The summed E-state index contributed by atoms with van der Waals surface area (Å²) in [5, 5.41) is 9.19.